The van der Waals surface area contributed by atoms with E-state index in [1.165, 1.54) is 24.0 Å². The number of aryl methyl sites for hydroxylation is 3. The van der Waals surface area contributed by atoms with Gasteiger partial charge in [0, 0.05) is 43.6 Å². The Balaban J connectivity index is 1.38. The van der Waals surface area contributed by atoms with Gasteiger partial charge in [-0.05, 0) is 68.2 Å². The lowest BCUT2D eigenvalue weighted by Gasteiger charge is -2.36. The van der Waals surface area contributed by atoms with Crippen LogP contribution in [0.25, 0.3) is 0 Å². The van der Waals surface area contributed by atoms with Crippen LogP contribution in [0.15, 0.2) is 30.6 Å². The number of carbonyl (C=O) groups excluding carboxylic acids is 1. The van der Waals surface area contributed by atoms with Crippen molar-refractivity contribution in [3.05, 3.63) is 47.3 Å². The third-order valence-electron chi connectivity index (χ3n) is 6.06. The fourth-order valence-electron chi connectivity index (χ4n) is 4.54. The lowest BCUT2D eigenvalue weighted by Crippen LogP contribution is -2.48. The van der Waals surface area contributed by atoms with Gasteiger partial charge in [0.25, 0.3) is 0 Å². The Morgan fingerprint density at radius 1 is 1.25 bits per heavy atom. The molecule has 2 heterocycles. The molecule has 0 bridgehead atoms. The van der Waals surface area contributed by atoms with Crippen LogP contribution in [0.1, 0.15) is 48.8 Å². The number of likely N-dealkylation sites (tertiary alicyclic amines) is 1. The summed E-state index contributed by atoms with van der Waals surface area (Å²) in [6, 6.07) is 6.62. The van der Waals surface area contributed by atoms with E-state index in [1.54, 1.807) is 13.3 Å². The van der Waals surface area contributed by atoms with Gasteiger partial charge >= 0.3 is 6.03 Å². The Bertz CT molecular complexity index is 803. The number of carbonyl (C=O) groups is 1. The monoisotopic (exact) mass is 382 g/mol. The van der Waals surface area contributed by atoms with E-state index in [4.69, 9.17) is 4.74 Å². The fourth-order valence-corrected chi connectivity index (χ4v) is 4.54. The normalized spacial score (nSPS) is 18.8. The molecule has 2 aromatic rings. The number of ether oxygens (including phenoxy) is 1. The second-order valence-electron chi connectivity index (χ2n) is 7.85. The number of amides is 2. The predicted octanol–water partition coefficient (Wildman–Crippen LogP) is 3.53. The van der Waals surface area contributed by atoms with Crippen LogP contribution in [0.5, 0.6) is 5.75 Å². The molecule has 150 valence electrons. The van der Waals surface area contributed by atoms with Crippen molar-refractivity contribution in [2.45, 2.75) is 64.1 Å². The predicted molar refractivity (Wildman–Crippen MR) is 108 cm³/mol. The molecule has 28 heavy (non-hydrogen) atoms. The second-order valence-corrected chi connectivity index (χ2v) is 7.85. The molecule has 1 N–H and O–H groups in total. The first-order valence-electron chi connectivity index (χ1n) is 10.4. The second kappa shape index (κ2) is 8.67. The number of hydrogen-bond acceptors (Lipinski definition) is 3. The van der Waals surface area contributed by atoms with Crippen LogP contribution in [-0.2, 0) is 25.9 Å². The minimum Gasteiger partial charge on any atom is -0.496 e. The first-order valence-corrected chi connectivity index (χ1v) is 10.4. The molecule has 0 saturated carbocycles. The summed E-state index contributed by atoms with van der Waals surface area (Å²) < 4.78 is 7.52. The number of piperidine rings is 1. The molecule has 1 aromatic heterocycles. The maximum Gasteiger partial charge on any atom is 0.317 e. The number of hydrogen-bond donors (Lipinski definition) is 1. The number of urea groups is 1. The summed E-state index contributed by atoms with van der Waals surface area (Å²) in [4.78, 5) is 14.9. The maximum absolute atomic E-state index is 12.9. The highest BCUT2D eigenvalue weighted by Gasteiger charge is 2.26. The first-order chi connectivity index (χ1) is 13.7. The third-order valence-corrected chi connectivity index (χ3v) is 6.06. The molecular formula is C22H30N4O2. The molecule has 2 amide bonds. The number of rotatable bonds is 6. The Kier molecular flexibility index (Phi) is 5.84. The lowest BCUT2D eigenvalue weighted by atomic mass is 9.99. The highest BCUT2D eigenvalue weighted by Crippen LogP contribution is 2.30. The zero-order chi connectivity index (χ0) is 19.3. The van der Waals surface area contributed by atoms with Crippen LogP contribution >= 0.6 is 0 Å². The Morgan fingerprint density at radius 3 is 2.89 bits per heavy atom. The summed E-state index contributed by atoms with van der Waals surface area (Å²) in [5, 5.41) is 7.42. The van der Waals surface area contributed by atoms with Gasteiger partial charge in [-0.3, -0.25) is 4.68 Å². The van der Waals surface area contributed by atoms with Crippen molar-refractivity contribution in [2.75, 3.05) is 13.7 Å². The molecule has 6 nitrogen and oxygen atoms in total. The molecule has 0 radical (unpaired) electrons. The van der Waals surface area contributed by atoms with E-state index in [0.717, 1.165) is 56.5 Å². The molecule has 2 aliphatic rings. The highest BCUT2D eigenvalue weighted by atomic mass is 16.5. The smallest absolute Gasteiger partial charge is 0.317 e. The van der Waals surface area contributed by atoms with Gasteiger partial charge in [-0.15, -0.1) is 0 Å². The van der Waals surface area contributed by atoms with Gasteiger partial charge in [-0.2, -0.15) is 5.10 Å². The highest BCUT2D eigenvalue weighted by molar-refractivity contribution is 5.74. The zero-order valence-corrected chi connectivity index (χ0v) is 16.7. The van der Waals surface area contributed by atoms with Gasteiger partial charge in [0.2, 0.25) is 0 Å². The summed E-state index contributed by atoms with van der Waals surface area (Å²) >= 11 is 0. The lowest BCUT2D eigenvalue weighted by molar-refractivity contribution is 0.143. The van der Waals surface area contributed by atoms with Gasteiger partial charge in [-0.1, -0.05) is 6.07 Å². The first kappa shape index (κ1) is 18.8. The van der Waals surface area contributed by atoms with E-state index < -0.39 is 0 Å². The molecule has 1 fully saturated rings. The van der Waals surface area contributed by atoms with Crippen molar-refractivity contribution in [3.8, 4) is 5.75 Å². The van der Waals surface area contributed by atoms with Crippen molar-refractivity contribution >= 4 is 6.03 Å². The van der Waals surface area contributed by atoms with Gasteiger partial charge in [0.05, 0.1) is 7.11 Å². The van der Waals surface area contributed by atoms with Crippen molar-refractivity contribution < 1.29 is 9.53 Å². The van der Waals surface area contributed by atoms with Crippen LogP contribution in [0.2, 0.25) is 0 Å². The number of aromatic nitrogens is 2. The Hall–Kier alpha value is -2.50. The third kappa shape index (κ3) is 4.16. The van der Waals surface area contributed by atoms with Crippen LogP contribution in [0.3, 0.4) is 0 Å². The zero-order valence-electron chi connectivity index (χ0n) is 16.7. The number of fused-ring (bicyclic) bond motifs is 1. The van der Waals surface area contributed by atoms with Gasteiger partial charge in [-0.25, -0.2) is 4.79 Å². The molecule has 6 heteroatoms. The molecule has 1 aliphatic heterocycles. The quantitative estimate of drug-likeness (QED) is 0.831. The minimum absolute atomic E-state index is 0.0349. The molecule has 1 saturated heterocycles. The van der Waals surface area contributed by atoms with Crippen LogP contribution < -0.4 is 10.1 Å². The Morgan fingerprint density at radius 2 is 2.11 bits per heavy atom. The van der Waals surface area contributed by atoms with Crippen molar-refractivity contribution in [1.82, 2.24) is 20.0 Å². The van der Waals surface area contributed by atoms with Crippen LogP contribution in [-0.4, -0.2) is 40.4 Å². The SMILES string of the molecule is COc1cc2c(cc1CNC(=O)N1CCCC[C@@H]1CCn1cccn1)CCC2. The van der Waals surface area contributed by atoms with E-state index in [0.29, 0.717) is 6.54 Å². The number of nitrogens with zero attached hydrogens (tertiary/aromatic N) is 3. The average molecular weight is 383 g/mol. The summed E-state index contributed by atoms with van der Waals surface area (Å²) in [6.07, 6.45) is 11.5. The summed E-state index contributed by atoms with van der Waals surface area (Å²) in [6.45, 7) is 2.19. The fraction of sp³-hybridized carbons (Fsp3) is 0.545. The van der Waals surface area contributed by atoms with Gasteiger partial charge < -0.3 is 15.0 Å². The van der Waals surface area contributed by atoms with Crippen LogP contribution in [0, 0.1) is 0 Å². The molecule has 0 spiro atoms. The van der Waals surface area contributed by atoms with E-state index in [9.17, 15) is 4.79 Å². The molecule has 1 atom stereocenters. The topological polar surface area (TPSA) is 59.4 Å². The molecule has 0 unspecified atom stereocenters. The van der Waals surface area contributed by atoms with Crippen molar-refractivity contribution in [2.24, 2.45) is 0 Å². The van der Waals surface area contributed by atoms with Gasteiger partial charge in [0.1, 0.15) is 5.75 Å². The maximum atomic E-state index is 12.9. The van der Waals surface area contributed by atoms with Crippen molar-refractivity contribution in [3.63, 3.8) is 0 Å². The van der Waals surface area contributed by atoms with Gasteiger partial charge in [0.15, 0.2) is 0 Å². The minimum atomic E-state index is 0.0349. The Labute approximate surface area is 166 Å². The molecule has 1 aliphatic carbocycles. The number of methoxy groups -OCH3 is 1. The molecule has 4 rings (SSSR count). The number of nitrogens with one attached hydrogen (secondary N) is 1. The molecular weight excluding hydrogens is 352 g/mol. The van der Waals surface area contributed by atoms with Crippen molar-refractivity contribution in [1.29, 1.82) is 0 Å². The van der Waals surface area contributed by atoms with E-state index in [1.807, 2.05) is 21.8 Å². The molecule has 1 aromatic carbocycles. The average Bonchev–Trinajstić information content (AvgIpc) is 3.41. The van der Waals surface area contributed by atoms with E-state index in [-0.39, 0.29) is 12.1 Å². The van der Waals surface area contributed by atoms with Crippen LogP contribution in [0.4, 0.5) is 4.79 Å². The standard InChI is InChI=1S/C22H30N4O2/c1-28-21-15-18-7-4-6-17(18)14-19(21)16-23-22(27)26-12-3-2-8-20(26)9-13-25-11-5-10-24-25/h5,10-11,14-15,20H,2-4,6-9,12-13,16H2,1H3,(H,23,27)/t20-/m1/s1. The largest absolute Gasteiger partial charge is 0.496 e. The number of benzene rings is 1. The van der Waals surface area contributed by atoms with E-state index in [2.05, 4.69) is 22.5 Å². The summed E-state index contributed by atoms with van der Waals surface area (Å²) in [5.41, 5.74) is 3.86. The summed E-state index contributed by atoms with van der Waals surface area (Å²) in [5.74, 6) is 0.884. The summed E-state index contributed by atoms with van der Waals surface area (Å²) in [7, 11) is 1.71. The van der Waals surface area contributed by atoms with E-state index >= 15 is 0 Å².